The van der Waals surface area contributed by atoms with E-state index in [9.17, 15) is 14.4 Å². The van der Waals surface area contributed by atoms with E-state index < -0.39 is 5.97 Å². The van der Waals surface area contributed by atoms with Crippen LogP contribution in [0.4, 0.5) is 0 Å². The van der Waals surface area contributed by atoms with Crippen molar-refractivity contribution in [2.24, 2.45) is 0 Å². The van der Waals surface area contributed by atoms with Crippen molar-refractivity contribution in [1.82, 2.24) is 4.90 Å². The van der Waals surface area contributed by atoms with Crippen LogP contribution in [0.5, 0.6) is 0 Å². The zero-order valence-corrected chi connectivity index (χ0v) is 8.84. The van der Waals surface area contributed by atoms with Gasteiger partial charge in [0, 0.05) is 6.04 Å². The van der Waals surface area contributed by atoms with Crippen LogP contribution in [0.2, 0.25) is 0 Å². The van der Waals surface area contributed by atoms with Gasteiger partial charge in [0.15, 0.2) is 0 Å². The average Bonchev–Trinajstić information content (AvgIpc) is 3.09. The van der Waals surface area contributed by atoms with Gasteiger partial charge in [-0.05, 0) is 31.0 Å². The van der Waals surface area contributed by atoms with Crippen LogP contribution in [0.3, 0.4) is 0 Å². The first-order chi connectivity index (χ1) is 8.09. The van der Waals surface area contributed by atoms with Gasteiger partial charge in [0.05, 0.1) is 16.7 Å². The van der Waals surface area contributed by atoms with Crippen molar-refractivity contribution in [2.45, 2.75) is 18.9 Å². The van der Waals surface area contributed by atoms with E-state index in [0.29, 0.717) is 5.56 Å². The molecule has 0 radical (unpaired) electrons. The van der Waals surface area contributed by atoms with Crippen LogP contribution >= 0.6 is 0 Å². The predicted molar refractivity (Wildman–Crippen MR) is 56.9 cm³/mol. The summed E-state index contributed by atoms with van der Waals surface area (Å²) in [5.74, 6) is -1.77. The maximum Gasteiger partial charge on any atom is 0.335 e. The first-order valence-corrected chi connectivity index (χ1v) is 5.35. The Morgan fingerprint density at radius 1 is 1.18 bits per heavy atom. The molecule has 5 heteroatoms. The van der Waals surface area contributed by atoms with E-state index in [1.807, 2.05) is 0 Å². The molecule has 0 atom stereocenters. The number of carbonyl (C=O) groups excluding carboxylic acids is 2. The quantitative estimate of drug-likeness (QED) is 0.774. The van der Waals surface area contributed by atoms with Crippen LogP contribution in [0.1, 0.15) is 43.9 Å². The van der Waals surface area contributed by atoms with Gasteiger partial charge in [-0.15, -0.1) is 0 Å². The van der Waals surface area contributed by atoms with Crippen LogP contribution in [-0.2, 0) is 0 Å². The Bertz CT molecular complexity index is 560. The van der Waals surface area contributed by atoms with Crippen molar-refractivity contribution in [2.75, 3.05) is 0 Å². The molecule has 1 aliphatic carbocycles. The topological polar surface area (TPSA) is 74.7 Å². The van der Waals surface area contributed by atoms with Gasteiger partial charge < -0.3 is 5.11 Å². The molecule has 0 bridgehead atoms. The lowest BCUT2D eigenvalue weighted by atomic mass is 10.1. The van der Waals surface area contributed by atoms with Gasteiger partial charge in [0.1, 0.15) is 0 Å². The van der Waals surface area contributed by atoms with Gasteiger partial charge in [-0.2, -0.15) is 0 Å². The number of hydrogen-bond donors (Lipinski definition) is 1. The second-order valence-corrected chi connectivity index (χ2v) is 4.28. The fraction of sp³-hybridized carbons (Fsp3) is 0.250. The first kappa shape index (κ1) is 10.0. The van der Waals surface area contributed by atoms with Crippen LogP contribution in [0.15, 0.2) is 18.2 Å². The van der Waals surface area contributed by atoms with Crippen molar-refractivity contribution in [1.29, 1.82) is 0 Å². The average molecular weight is 231 g/mol. The maximum absolute atomic E-state index is 12.0. The van der Waals surface area contributed by atoms with Crippen molar-refractivity contribution in [3.63, 3.8) is 0 Å². The Hall–Kier alpha value is -2.17. The van der Waals surface area contributed by atoms with Gasteiger partial charge >= 0.3 is 5.97 Å². The largest absolute Gasteiger partial charge is 0.478 e. The second-order valence-electron chi connectivity index (χ2n) is 4.28. The van der Waals surface area contributed by atoms with Gasteiger partial charge in [-0.25, -0.2) is 4.79 Å². The molecule has 3 rings (SSSR count). The summed E-state index contributed by atoms with van der Waals surface area (Å²) in [6.07, 6.45) is 1.69. The Morgan fingerprint density at radius 2 is 1.82 bits per heavy atom. The molecule has 0 aromatic heterocycles. The van der Waals surface area contributed by atoms with Gasteiger partial charge in [0.2, 0.25) is 0 Å². The van der Waals surface area contributed by atoms with Crippen molar-refractivity contribution >= 4 is 17.8 Å². The van der Waals surface area contributed by atoms with Gasteiger partial charge in [0.25, 0.3) is 11.8 Å². The molecule has 1 aliphatic heterocycles. The molecule has 2 amide bonds. The summed E-state index contributed by atoms with van der Waals surface area (Å²) in [5.41, 5.74) is 0.552. The summed E-state index contributed by atoms with van der Waals surface area (Å²) in [6.45, 7) is 0. The number of carboxylic acid groups (broad SMARTS) is 1. The summed E-state index contributed by atoms with van der Waals surface area (Å²) in [5, 5.41) is 8.85. The normalized spacial score (nSPS) is 18.5. The van der Waals surface area contributed by atoms with E-state index >= 15 is 0 Å². The minimum Gasteiger partial charge on any atom is -0.478 e. The van der Waals surface area contributed by atoms with E-state index in [0.717, 1.165) is 12.8 Å². The number of imide groups is 1. The fourth-order valence-corrected chi connectivity index (χ4v) is 2.06. The van der Waals surface area contributed by atoms with E-state index in [2.05, 4.69) is 0 Å². The Morgan fingerprint density at radius 3 is 2.41 bits per heavy atom. The third-order valence-electron chi connectivity index (χ3n) is 3.08. The molecule has 1 fully saturated rings. The number of carbonyl (C=O) groups is 3. The number of hydrogen-bond acceptors (Lipinski definition) is 3. The third-order valence-corrected chi connectivity index (χ3v) is 3.08. The molecule has 0 spiro atoms. The molecule has 0 unspecified atom stereocenters. The SMILES string of the molecule is O=C(O)c1ccc2c(c1)C(=O)N(C1CC1)C2=O. The maximum atomic E-state index is 12.0. The Labute approximate surface area is 96.6 Å². The molecule has 1 N–H and O–H groups in total. The van der Waals surface area contributed by atoms with Crippen molar-refractivity contribution in [3.05, 3.63) is 34.9 Å². The molecule has 5 nitrogen and oxygen atoms in total. The summed E-state index contributed by atoms with van der Waals surface area (Å²) < 4.78 is 0. The minimum absolute atomic E-state index is 0.00989. The Balaban J connectivity index is 2.09. The zero-order chi connectivity index (χ0) is 12.2. The highest BCUT2D eigenvalue weighted by Gasteiger charge is 2.44. The first-order valence-electron chi connectivity index (χ1n) is 5.35. The molecule has 1 aromatic rings. The zero-order valence-electron chi connectivity index (χ0n) is 8.84. The number of nitrogens with zero attached hydrogens (tertiary/aromatic N) is 1. The lowest BCUT2D eigenvalue weighted by molar-refractivity contribution is 0.0641. The summed E-state index contributed by atoms with van der Waals surface area (Å²) in [4.78, 5) is 36.0. The summed E-state index contributed by atoms with van der Waals surface area (Å²) in [6, 6.07) is 4.06. The highest BCUT2D eigenvalue weighted by atomic mass is 16.4. The lowest BCUT2D eigenvalue weighted by Crippen LogP contribution is -2.31. The fourth-order valence-electron chi connectivity index (χ4n) is 2.06. The molecule has 86 valence electrons. The van der Waals surface area contributed by atoms with E-state index in [1.165, 1.54) is 23.1 Å². The van der Waals surface area contributed by atoms with Crippen LogP contribution in [0.25, 0.3) is 0 Å². The summed E-state index contributed by atoms with van der Waals surface area (Å²) >= 11 is 0. The van der Waals surface area contributed by atoms with Crippen LogP contribution < -0.4 is 0 Å². The van der Waals surface area contributed by atoms with E-state index in [-0.39, 0.29) is 29.0 Å². The van der Waals surface area contributed by atoms with Gasteiger partial charge in [-0.3, -0.25) is 14.5 Å². The molecule has 1 saturated carbocycles. The highest BCUT2D eigenvalue weighted by molar-refractivity contribution is 6.22. The lowest BCUT2D eigenvalue weighted by Gasteiger charge is -2.11. The number of aromatic carboxylic acids is 1. The third kappa shape index (κ3) is 1.35. The monoisotopic (exact) mass is 231 g/mol. The minimum atomic E-state index is -1.10. The summed E-state index contributed by atoms with van der Waals surface area (Å²) in [7, 11) is 0. The molecule has 17 heavy (non-hydrogen) atoms. The molecule has 0 saturated heterocycles. The molecular weight excluding hydrogens is 222 g/mol. The van der Waals surface area contributed by atoms with Crippen LogP contribution in [-0.4, -0.2) is 33.8 Å². The van der Waals surface area contributed by atoms with E-state index in [1.54, 1.807) is 0 Å². The number of amides is 2. The number of fused-ring (bicyclic) bond motifs is 1. The molecule has 1 heterocycles. The standard InChI is InChI=1S/C12H9NO4/c14-10-8-4-1-6(12(16)17)5-9(8)11(15)13(10)7-2-3-7/h1,4-5,7H,2-3H2,(H,16,17). The second kappa shape index (κ2) is 3.16. The van der Waals surface area contributed by atoms with E-state index in [4.69, 9.17) is 5.11 Å². The predicted octanol–water partition coefficient (Wildman–Crippen LogP) is 1.14. The number of rotatable bonds is 2. The Kier molecular flexibility index (Phi) is 1.86. The van der Waals surface area contributed by atoms with Gasteiger partial charge in [-0.1, -0.05) is 0 Å². The molecule has 2 aliphatic rings. The highest BCUT2D eigenvalue weighted by Crippen LogP contribution is 2.34. The number of benzene rings is 1. The van der Waals surface area contributed by atoms with Crippen molar-refractivity contribution < 1.29 is 19.5 Å². The number of carboxylic acids is 1. The smallest absolute Gasteiger partial charge is 0.335 e. The molecular formula is C12H9NO4. The van der Waals surface area contributed by atoms with Crippen molar-refractivity contribution in [3.8, 4) is 0 Å². The van der Waals surface area contributed by atoms with Crippen LogP contribution in [0, 0.1) is 0 Å². The molecule has 1 aromatic carbocycles.